The topological polar surface area (TPSA) is 43.4 Å². The van der Waals surface area contributed by atoms with E-state index in [2.05, 4.69) is 32.9 Å². The fourth-order valence-corrected chi connectivity index (χ4v) is 3.98. The Balaban J connectivity index is 0.00000312. The van der Waals surface area contributed by atoms with Crippen LogP contribution in [0.5, 0.6) is 0 Å². The van der Waals surface area contributed by atoms with Crippen LogP contribution < -0.4 is 0 Å². The number of likely N-dealkylation sites (N-methyl/N-ethyl adjacent to an activating group) is 1. The van der Waals surface area contributed by atoms with Crippen molar-refractivity contribution >= 4 is 11.8 Å². The molecule has 2 atom stereocenters. The van der Waals surface area contributed by atoms with Gasteiger partial charge in [0.1, 0.15) is 12.5 Å². The van der Waals surface area contributed by atoms with Crippen LogP contribution in [0.4, 0.5) is 0 Å². The van der Waals surface area contributed by atoms with Crippen molar-refractivity contribution in [1.82, 2.24) is 0 Å². The second kappa shape index (κ2) is 9.94. The molecule has 0 aliphatic carbocycles. The molecule has 1 aromatic rings. The maximum atomic E-state index is 12.8. The van der Waals surface area contributed by atoms with Gasteiger partial charge in [0.2, 0.25) is 0 Å². The maximum absolute atomic E-state index is 12.8. The maximum Gasteiger partial charge on any atom is 0.314 e. The van der Waals surface area contributed by atoms with Crippen LogP contribution in [0.25, 0.3) is 0 Å². The summed E-state index contributed by atoms with van der Waals surface area (Å²) in [6, 6.07) is 6.16. The van der Waals surface area contributed by atoms with E-state index in [-0.39, 0.29) is 50.4 Å². The molecule has 5 heteroatoms. The summed E-state index contributed by atoms with van der Waals surface area (Å²) in [4.78, 5) is 24.7. The van der Waals surface area contributed by atoms with Gasteiger partial charge in [-0.15, -0.1) is 0 Å². The van der Waals surface area contributed by atoms with Crippen molar-refractivity contribution in [2.24, 2.45) is 5.92 Å². The molecule has 0 aromatic heterocycles. The van der Waals surface area contributed by atoms with Crippen molar-refractivity contribution in [1.29, 1.82) is 0 Å². The third kappa shape index (κ3) is 5.70. The minimum absolute atomic E-state index is 0. The number of methoxy groups -OCH3 is 1. The molecule has 0 amide bonds. The van der Waals surface area contributed by atoms with E-state index >= 15 is 0 Å². The Kier molecular flexibility index (Phi) is 8.93. The van der Waals surface area contributed by atoms with Gasteiger partial charge in [-0.1, -0.05) is 18.2 Å². The van der Waals surface area contributed by atoms with Crippen LogP contribution in [0.1, 0.15) is 36.5 Å². The van der Waals surface area contributed by atoms with Crippen LogP contribution in [-0.4, -0.2) is 49.5 Å². The number of benzene rings is 1. The second-order valence-corrected chi connectivity index (χ2v) is 7.17. The van der Waals surface area contributed by atoms with E-state index in [1.54, 1.807) is 0 Å². The third-order valence-corrected chi connectivity index (χ3v) is 5.53. The van der Waals surface area contributed by atoms with Gasteiger partial charge in [-0.05, 0) is 50.3 Å². The molecule has 1 aliphatic heterocycles. The average Bonchev–Trinajstić information content (AvgIpc) is 2.57. The van der Waals surface area contributed by atoms with Gasteiger partial charge >= 0.3 is 5.97 Å². The predicted octanol–water partition coefficient (Wildman–Crippen LogP) is 2.83. The van der Waals surface area contributed by atoms with E-state index in [9.17, 15) is 9.59 Å². The Morgan fingerprint density at radius 3 is 2.44 bits per heavy atom. The Labute approximate surface area is 176 Å². The molecule has 1 radical (unpaired) electrons. The zero-order valence-corrected chi connectivity index (χ0v) is 18.8. The number of hydrogen-bond acceptors (Lipinski definition) is 3. The van der Waals surface area contributed by atoms with E-state index in [4.69, 9.17) is 4.74 Å². The standard InChI is InChI=1S/C20H30NO3.Y/c1-5-21(11-7-10-17(13-21)20(23)24-4)14-18(22)12-19-15(2)8-6-9-16(19)3;/h6,8-9,17H,5,7,10-14H2,1-4H3;/q+1;. The Bertz CT molecular complexity index is 597. The summed E-state index contributed by atoms with van der Waals surface area (Å²) in [6.07, 6.45) is 2.34. The van der Waals surface area contributed by atoms with Crippen LogP contribution >= 0.6 is 0 Å². The average molecular weight is 421 g/mol. The summed E-state index contributed by atoms with van der Waals surface area (Å²) in [6.45, 7) is 9.34. The Morgan fingerprint density at radius 1 is 1.24 bits per heavy atom. The minimum Gasteiger partial charge on any atom is -0.469 e. The molecular weight excluding hydrogens is 391 g/mol. The molecule has 0 saturated carbocycles. The van der Waals surface area contributed by atoms with Crippen LogP contribution in [0, 0.1) is 19.8 Å². The third-order valence-electron chi connectivity index (χ3n) is 5.53. The number of Topliss-reactive ketones (excluding diaryl/α,β-unsaturated/α-hetero) is 1. The molecule has 2 rings (SSSR count). The van der Waals surface area contributed by atoms with Crippen molar-refractivity contribution in [2.45, 2.75) is 40.0 Å². The first-order chi connectivity index (χ1) is 11.4. The van der Waals surface area contributed by atoms with Crippen molar-refractivity contribution in [3.8, 4) is 0 Å². The number of aryl methyl sites for hydroxylation is 2. The number of hydrogen-bond donors (Lipinski definition) is 0. The quantitative estimate of drug-likeness (QED) is 0.524. The number of rotatable bonds is 6. The molecule has 25 heavy (non-hydrogen) atoms. The summed E-state index contributed by atoms with van der Waals surface area (Å²) >= 11 is 0. The van der Waals surface area contributed by atoms with E-state index in [0.29, 0.717) is 17.4 Å². The molecule has 0 bridgehead atoms. The number of carbonyl (C=O) groups excluding carboxylic acids is 2. The second-order valence-electron chi connectivity index (χ2n) is 7.17. The van der Waals surface area contributed by atoms with Crippen molar-refractivity contribution < 1.29 is 51.5 Å². The summed E-state index contributed by atoms with van der Waals surface area (Å²) in [5.74, 6) is 0.0595. The number of carbonyl (C=O) groups is 2. The molecule has 4 nitrogen and oxygen atoms in total. The molecule has 1 fully saturated rings. The molecule has 0 spiro atoms. The van der Waals surface area contributed by atoms with Gasteiger partial charge in [0, 0.05) is 39.1 Å². The first-order valence-electron chi connectivity index (χ1n) is 8.90. The first kappa shape index (κ1) is 22.5. The summed E-state index contributed by atoms with van der Waals surface area (Å²) < 4.78 is 5.64. The zero-order valence-electron chi connectivity index (χ0n) is 16.0. The first-order valence-corrected chi connectivity index (χ1v) is 8.90. The Hall–Kier alpha value is -0.576. The molecule has 1 saturated heterocycles. The summed E-state index contributed by atoms with van der Waals surface area (Å²) in [5, 5.41) is 0. The SMILES string of the molecule is CC[N+]1(CC(=O)Cc2c(C)cccc2C)CCCC(C(=O)OC)C1.[Y]. The number of nitrogens with zero attached hydrogens (tertiary/aromatic N) is 1. The number of ether oxygens (including phenoxy) is 1. The normalized spacial score (nSPS) is 22.8. The van der Waals surface area contributed by atoms with Gasteiger partial charge in [0.25, 0.3) is 0 Å². The van der Waals surface area contributed by atoms with Gasteiger partial charge < -0.3 is 9.22 Å². The van der Waals surface area contributed by atoms with Crippen molar-refractivity contribution in [3.05, 3.63) is 34.9 Å². The fourth-order valence-electron chi connectivity index (χ4n) is 3.98. The van der Waals surface area contributed by atoms with Gasteiger partial charge in [-0.3, -0.25) is 9.59 Å². The number of esters is 1. The van der Waals surface area contributed by atoms with E-state index < -0.39 is 0 Å². The fraction of sp³-hybridized carbons (Fsp3) is 0.600. The minimum atomic E-state index is -0.132. The van der Waals surface area contributed by atoms with Crippen molar-refractivity contribution in [3.63, 3.8) is 0 Å². The summed E-state index contributed by atoms with van der Waals surface area (Å²) in [7, 11) is 1.45. The van der Waals surface area contributed by atoms with Crippen LogP contribution in [0.2, 0.25) is 0 Å². The van der Waals surface area contributed by atoms with Gasteiger partial charge in [0.05, 0.1) is 26.7 Å². The van der Waals surface area contributed by atoms with E-state index in [1.807, 2.05) is 6.07 Å². The molecule has 0 N–H and O–H groups in total. The molecule has 1 aliphatic rings. The van der Waals surface area contributed by atoms with Gasteiger partial charge in [0.15, 0.2) is 5.78 Å². The summed E-state index contributed by atoms with van der Waals surface area (Å²) in [5.41, 5.74) is 3.51. The molecular formula is C20H30NO3Y+. The van der Waals surface area contributed by atoms with Crippen LogP contribution in [-0.2, 0) is 53.5 Å². The predicted molar refractivity (Wildman–Crippen MR) is 94.8 cm³/mol. The number of ketones is 1. The van der Waals surface area contributed by atoms with E-state index in [1.165, 1.54) is 18.2 Å². The van der Waals surface area contributed by atoms with Crippen molar-refractivity contribution in [2.75, 3.05) is 33.3 Å². The smallest absolute Gasteiger partial charge is 0.314 e. The Morgan fingerprint density at radius 2 is 1.88 bits per heavy atom. The molecule has 2 unspecified atom stereocenters. The van der Waals surface area contributed by atoms with Gasteiger partial charge in [-0.25, -0.2) is 0 Å². The van der Waals surface area contributed by atoms with Gasteiger partial charge in [-0.2, -0.15) is 0 Å². The number of likely N-dealkylation sites (tertiary alicyclic amines) is 1. The van der Waals surface area contributed by atoms with Crippen LogP contribution in [0.15, 0.2) is 18.2 Å². The molecule has 1 heterocycles. The molecule has 135 valence electrons. The number of piperidine rings is 1. The zero-order chi connectivity index (χ0) is 17.7. The number of quaternary nitrogens is 1. The van der Waals surface area contributed by atoms with E-state index in [0.717, 1.165) is 38.0 Å². The largest absolute Gasteiger partial charge is 0.469 e. The van der Waals surface area contributed by atoms with Crippen LogP contribution in [0.3, 0.4) is 0 Å². The monoisotopic (exact) mass is 421 g/mol. The molecule has 1 aromatic carbocycles.